The van der Waals surface area contributed by atoms with Crippen molar-refractivity contribution in [2.75, 3.05) is 13.1 Å². The lowest BCUT2D eigenvalue weighted by Crippen LogP contribution is -2.26. The van der Waals surface area contributed by atoms with Crippen LogP contribution in [0.15, 0.2) is 30.3 Å². The smallest absolute Gasteiger partial charge is 0.267 e. The van der Waals surface area contributed by atoms with Gasteiger partial charge in [0.25, 0.3) is 5.91 Å². The van der Waals surface area contributed by atoms with E-state index in [-0.39, 0.29) is 0 Å². The van der Waals surface area contributed by atoms with E-state index in [0.717, 1.165) is 30.8 Å². The average molecular weight is 354 g/mol. The molecule has 138 valence electrons. The van der Waals surface area contributed by atoms with Gasteiger partial charge in [0, 0.05) is 24.4 Å². The van der Waals surface area contributed by atoms with Crippen molar-refractivity contribution in [1.29, 1.82) is 0 Å². The Bertz CT molecular complexity index is 760. The molecular weight excluding hydrogens is 328 g/mol. The highest BCUT2D eigenvalue weighted by Gasteiger charge is 2.25. The van der Waals surface area contributed by atoms with Crippen molar-refractivity contribution >= 4 is 12.0 Å². The minimum atomic E-state index is -0.527. The van der Waals surface area contributed by atoms with E-state index in [0.29, 0.717) is 6.04 Å². The Hall–Kier alpha value is -2.44. The van der Waals surface area contributed by atoms with Crippen LogP contribution in [0.5, 0.6) is 0 Å². The number of nitrogens with one attached hydrogen (secondary N) is 2. The Balaban J connectivity index is 1.64. The molecule has 3 N–H and O–H groups in total. The fourth-order valence-electron chi connectivity index (χ4n) is 3.71. The molecule has 2 aromatic rings. The van der Waals surface area contributed by atoms with Crippen molar-refractivity contribution in [3.8, 4) is 0 Å². The molecule has 6 nitrogen and oxygen atoms in total. The Morgan fingerprint density at radius 3 is 2.81 bits per heavy atom. The molecule has 1 aliphatic rings. The van der Waals surface area contributed by atoms with E-state index < -0.39 is 5.91 Å². The lowest BCUT2D eigenvalue weighted by molar-refractivity contribution is -0.124. The molecule has 26 heavy (non-hydrogen) atoms. The quantitative estimate of drug-likeness (QED) is 0.423. The van der Waals surface area contributed by atoms with Crippen LogP contribution in [0.3, 0.4) is 0 Å². The maximum Gasteiger partial charge on any atom is 0.267 e. The first kappa shape index (κ1) is 18.4. The second-order valence-electron chi connectivity index (χ2n) is 6.83. The zero-order valence-electron chi connectivity index (χ0n) is 15.3. The molecule has 6 heteroatoms. The molecule has 1 saturated heterocycles. The minimum absolute atomic E-state index is 0.446. The molecule has 0 spiro atoms. The fourth-order valence-corrected chi connectivity index (χ4v) is 3.71. The second kappa shape index (κ2) is 8.29. The van der Waals surface area contributed by atoms with E-state index in [1.54, 1.807) is 11.6 Å². The number of carbonyl (C=O) groups excluding carboxylic acids is 1. The van der Waals surface area contributed by atoms with E-state index in [4.69, 9.17) is 5.21 Å². The Kier molecular flexibility index (Phi) is 5.85. The molecule has 0 unspecified atom stereocenters. The van der Waals surface area contributed by atoms with Gasteiger partial charge in [-0.15, -0.1) is 0 Å². The number of aromatic amines is 1. The normalized spacial score (nSPS) is 17.9. The summed E-state index contributed by atoms with van der Waals surface area (Å²) in [6.07, 6.45) is 6.40. The number of rotatable bonds is 6. The lowest BCUT2D eigenvalue weighted by Gasteiger charge is -2.25. The summed E-state index contributed by atoms with van der Waals surface area (Å²) in [7, 11) is 0. The van der Waals surface area contributed by atoms with Crippen LogP contribution in [0, 0.1) is 13.8 Å². The fraction of sp³-hybridized carbons (Fsp3) is 0.400. The van der Waals surface area contributed by atoms with Gasteiger partial charge in [0.15, 0.2) is 0 Å². The van der Waals surface area contributed by atoms with Gasteiger partial charge >= 0.3 is 0 Å². The molecule has 0 bridgehead atoms. The Morgan fingerprint density at radius 2 is 2.15 bits per heavy atom. The zero-order valence-corrected chi connectivity index (χ0v) is 15.3. The summed E-state index contributed by atoms with van der Waals surface area (Å²) in [6.45, 7) is 6.30. The van der Waals surface area contributed by atoms with Crippen molar-refractivity contribution in [2.24, 2.45) is 0 Å². The van der Waals surface area contributed by atoms with Gasteiger partial charge in [0.1, 0.15) is 0 Å². The van der Waals surface area contributed by atoms with Crippen LogP contribution in [0.4, 0.5) is 0 Å². The number of carbonyl (C=O) groups is 1. The summed E-state index contributed by atoms with van der Waals surface area (Å²) in [5.74, 6) is -0.527. The molecule has 1 aromatic heterocycles. The van der Waals surface area contributed by atoms with Gasteiger partial charge in [0.05, 0.1) is 5.69 Å². The summed E-state index contributed by atoms with van der Waals surface area (Å²) in [5.41, 5.74) is 7.44. The van der Waals surface area contributed by atoms with Gasteiger partial charge in [-0.2, -0.15) is 5.10 Å². The molecule has 1 fully saturated rings. The minimum Gasteiger partial charge on any atom is -0.296 e. The van der Waals surface area contributed by atoms with E-state index in [1.165, 1.54) is 35.7 Å². The summed E-state index contributed by atoms with van der Waals surface area (Å²) in [5, 5.41) is 15.9. The molecule has 2 heterocycles. The average Bonchev–Trinajstić information content (AvgIpc) is 3.25. The standard InChI is InChI=1S/C20H26N4O2/c1-14-18(15(2)22-21-14)11-13-24-12-3-4-19(24)17-8-5-16(6-9-17)7-10-20(25)23-26/h5-10,19,26H,3-4,11-13H2,1-2H3,(H,21,22)(H,23,25)/b10-7+/t19-/m1/s1. The molecular formula is C20H26N4O2. The predicted molar refractivity (Wildman–Crippen MR) is 101 cm³/mol. The van der Waals surface area contributed by atoms with Crippen molar-refractivity contribution in [1.82, 2.24) is 20.6 Å². The number of amides is 1. The van der Waals surface area contributed by atoms with Crippen LogP contribution in [0.2, 0.25) is 0 Å². The van der Waals surface area contributed by atoms with Gasteiger partial charge in [0.2, 0.25) is 0 Å². The first-order valence-corrected chi connectivity index (χ1v) is 9.05. The first-order valence-electron chi connectivity index (χ1n) is 9.05. The Morgan fingerprint density at radius 1 is 1.38 bits per heavy atom. The Labute approximate surface area is 153 Å². The SMILES string of the molecule is Cc1n[nH]c(C)c1CCN1CCC[C@@H]1c1ccc(/C=C/C(=O)NO)cc1. The van der Waals surface area contributed by atoms with Crippen molar-refractivity contribution in [3.63, 3.8) is 0 Å². The molecule has 0 aliphatic carbocycles. The van der Waals surface area contributed by atoms with Gasteiger partial charge < -0.3 is 0 Å². The van der Waals surface area contributed by atoms with Gasteiger partial charge in [-0.3, -0.25) is 20.0 Å². The second-order valence-corrected chi connectivity index (χ2v) is 6.83. The van der Waals surface area contributed by atoms with Crippen molar-refractivity contribution in [2.45, 2.75) is 39.2 Å². The van der Waals surface area contributed by atoms with Crippen LogP contribution in [-0.2, 0) is 11.2 Å². The predicted octanol–water partition coefficient (Wildman–Crippen LogP) is 2.92. The molecule has 1 atom stereocenters. The first-order chi connectivity index (χ1) is 12.6. The van der Waals surface area contributed by atoms with E-state index in [2.05, 4.69) is 41.1 Å². The van der Waals surface area contributed by atoms with E-state index in [9.17, 15) is 4.79 Å². The third kappa shape index (κ3) is 4.20. The van der Waals surface area contributed by atoms with Gasteiger partial charge in [-0.25, -0.2) is 5.48 Å². The summed E-state index contributed by atoms with van der Waals surface area (Å²) < 4.78 is 0. The van der Waals surface area contributed by atoms with Crippen LogP contribution >= 0.6 is 0 Å². The maximum absolute atomic E-state index is 11.1. The number of likely N-dealkylation sites (tertiary alicyclic amines) is 1. The highest BCUT2D eigenvalue weighted by atomic mass is 16.5. The number of nitrogens with zero attached hydrogens (tertiary/aromatic N) is 2. The van der Waals surface area contributed by atoms with Gasteiger partial charge in [-0.1, -0.05) is 24.3 Å². The number of aryl methyl sites for hydroxylation is 2. The van der Waals surface area contributed by atoms with E-state index in [1.807, 2.05) is 12.1 Å². The number of aromatic nitrogens is 2. The largest absolute Gasteiger partial charge is 0.296 e. The number of hydrogen-bond donors (Lipinski definition) is 3. The molecule has 0 saturated carbocycles. The van der Waals surface area contributed by atoms with Crippen LogP contribution < -0.4 is 5.48 Å². The van der Waals surface area contributed by atoms with E-state index >= 15 is 0 Å². The van der Waals surface area contributed by atoms with Gasteiger partial charge in [-0.05, 0) is 62.4 Å². The number of hydroxylamine groups is 1. The molecule has 1 aliphatic heterocycles. The highest BCUT2D eigenvalue weighted by Crippen LogP contribution is 2.32. The molecule has 1 amide bonds. The van der Waals surface area contributed by atoms with Crippen LogP contribution in [0.1, 0.15) is 47.0 Å². The third-order valence-corrected chi connectivity index (χ3v) is 5.15. The number of hydrogen-bond acceptors (Lipinski definition) is 4. The monoisotopic (exact) mass is 354 g/mol. The summed E-state index contributed by atoms with van der Waals surface area (Å²) >= 11 is 0. The van der Waals surface area contributed by atoms with Crippen LogP contribution in [-0.4, -0.2) is 39.3 Å². The summed E-state index contributed by atoms with van der Waals surface area (Å²) in [4.78, 5) is 13.6. The summed E-state index contributed by atoms with van der Waals surface area (Å²) in [6, 6.07) is 8.73. The third-order valence-electron chi connectivity index (χ3n) is 5.15. The molecule has 0 radical (unpaired) electrons. The molecule has 1 aromatic carbocycles. The number of benzene rings is 1. The zero-order chi connectivity index (χ0) is 18.5. The van der Waals surface area contributed by atoms with Crippen molar-refractivity contribution < 1.29 is 10.0 Å². The highest BCUT2D eigenvalue weighted by molar-refractivity contribution is 5.90. The van der Waals surface area contributed by atoms with Crippen LogP contribution in [0.25, 0.3) is 6.08 Å². The topological polar surface area (TPSA) is 81.2 Å². The van der Waals surface area contributed by atoms with Crippen molar-refractivity contribution in [3.05, 3.63) is 58.4 Å². The maximum atomic E-state index is 11.1. The lowest BCUT2D eigenvalue weighted by atomic mass is 10.0. The number of H-pyrrole nitrogens is 1. The molecule has 3 rings (SSSR count).